The van der Waals surface area contributed by atoms with Gasteiger partial charge in [-0.2, -0.15) is 0 Å². The molecule has 190 valence electrons. The van der Waals surface area contributed by atoms with Crippen molar-refractivity contribution in [3.63, 3.8) is 0 Å². The van der Waals surface area contributed by atoms with E-state index in [4.69, 9.17) is 18.9 Å². The number of aromatic amines is 1. The van der Waals surface area contributed by atoms with E-state index >= 15 is 0 Å². The molecule has 0 amide bonds. The van der Waals surface area contributed by atoms with E-state index in [1.807, 2.05) is 60.7 Å². The first-order valence-electron chi connectivity index (χ1n) is 12.9. The summed E-state index contributed by atoms with van der Waals surface area (Å²) in [6.45, 7) is 0. The number of aromatic nitrogens is 2. The van der Waals surface area contributed by atoms with Gasteiger partial charge in [0.15, 0.2) is 11.6 Å². The Bertz CT molecular complexity index is 1730. The van der Waals surface area contributed by atoms with Gasteiger partial charge in [-0.25, -0.2) is 4.98 Å². The van der Waals surface area contributed by atoms with Gasteiger partial charge in [0.1, 0.15) is 17.3 Å². The summed E-state index contributed by atoms with van der Waals surface area (Å²) in [6.07, 6.45) is 0.976. The van der Waals surface area contributed by atoms with E-state index in [0.29, 0.717) is 11.6 Å². The highest BCUT2D eigenvalue weighted by molar-refractivity contribution is 5.83. The van der Waals surface area contributed by atoms with Crippen molar-refractivity contribution in [3.05, 3.63) is 114 Å². The Morgan fingerprint density at radius 1 is 0.641 bits per heavy atom. The highest BCUT2D eigenvalue weighted by Gasteiger charge is 2.21. The minimum atomic E-state index is 0.671. The maximum Gasteiger partial charge on any atom is 0.174 e. The highest BCUT2D eigenvalue weighted by Crippen LogP contribution is 2.40. The Hall–Kier alpha value is -5.03. The summed E-state index contributed by atoms with van der Waals surface area (Å²) in [4.78, 5) is 8.52. The van der Waals surface area contributed by atoms with Crippen molar-refractivity contribution in [3.8, 4) is 68.0 Å². The van der Waals surface area contributed by atoms with Crippen LogP contribution in [0, 0.1) is 0 Å². The van der Waals surface area contributed by atoms with Crippen LogP contribution in [0.4, 0.5) is 0 Å². The van der Waals surface area contributed by atoms with Crippen molar-refractivity contribution < 1.29 is 13.9 Å². The second kappa shape index (κ2) is 9.37. The maximum atomic E-state index is 6.38. The zero-order chi connectivity index (χ0) is 26.3. The van der Waals surface area contributed by atoms with Gasteiger partial charge in [0.2, 0.25) is 0 Å². The van der Waals surface area contributed by atoms with E-state index < -0.39 is 0 Å². The topological polar surface area (TPSA) is 60.3 Å². The fraction of sp³-hybridized carbons (Fsp3) is 0.0882. The van der Waals surface area contributed by atoms with Crippen LogP contribution in [-0.2, 0) is 6.42 Å². The van der Waals surface area contributed by atoms with Gasteiger partial charge in [-0.05, 0) is 95.4 Å². The first-order valence-corrected chi connectivity index (χ1v) is 12.9. The number of benzene rings is 4. The van der Waals surface area contributed by atoms with Crippen LogP contribution in [0.1, 0.15) is 11.1 Å². The normalized spacial score (nSPS) is 11.7. The third kappa shape index (κ3) is 4.09. The van der Waals surface area contributed by atoms with E-state index in [1.54, 1.807) is 14.2 Å². The number of ether oxygens (including phenoxy) is 2. The molecule has 0 fully saturated rings. The van der Waals surface area contributed by atoms with Gasteiger partial charge >= 0.3 is 0 Å². The predicted octanol–water partition coefficient (Wildman–Crippen LogP) is 8.26. The Labute approximate surface area is 226 Å². The monoisotopic (exact) mass is 510 g/mol. The summed E-state index contributed by atoms with van der Waals surface area (Å²) in [5.41, 5.74) is 10.1. The van der Waals surface area contributed by atoms with Crippen LogP contribution in [0.5, 0.6) is 11.5 Å². The third-order valence-corrected chi connectivity index (χ3v) is 7.37. The molecular weight excluding hydrogens is 484 g/mol. The van der Waals surface area contributed by atoms with Crippen LogP contribution in [0.15, 0.2) is 108 Å². The van der Waals surface area contributed by atoms with Gasteiger partial charge in [-0.1, -0.05) is 36.4 Å². The Morgan fingerprint density at radius 3 is 2.03 bits per heavy atom. The van der Waals surface area contributed by atoms with Crippen molar-refractivity contribution in [1.29, 1.82) is 0 Å². The lowest BCUT2D eigenvalue weighted by Crippen LogP contribution is -1.87. The molecule has 2 heterocycles. The summed E-state index contributed by atoms with van der Waals surface area (Å²) >= 11 is 0. The second-order valence-corrected chi connectivity index (χ2v) is 9.64. The lowest BCUT2D eigenvalue weighted by atomic mass is 10.0. The number of nitrogens with zero attached hydrogens (tertiary/aromatic N) is 1. The zero-order valence-electron chi connectivity index (χ0n) is 21.7. The molecule has 0 aliphatic heterocycles. The molecule has 1 N–H and O–H groups in total. The fourth-order valence-electron chi connectivity index (χ4n) is 5.31. The van der Waals surface area contributed by atoms with E-state index in [2.05, 4.69) is 47.4 Å². The summed E-state index contributed by atoms with van der Waals surface area (Å²) < 4.78 is 17.1. The molecule has 0 bridgehead atoms. The SMILES string of the molecule is COc1ccc(-c2nc(-c3ccc(-c4ccc5c(c4)-c4ccccc4C5)o3)[nH]c2-c2ccc(OC)cc2)cc1. The number of furan rings is 1. The average Bonchev–Trinajstić information content (AvgIpc) is 3.74. The van der Waals surface area contributed by atoms with E-state index in [0.717, 1.165) is 51.8 Å². The molecule has 0 saturated heterocycles. The molecule has 0 atom stereocenters. The van der Waals surface area contributed by atoms with Gasteiger partial charge < -0.3 is 18.9 Å². The standard InChI is InChI=1S/C34H26N2O3/c1-37-26-13-9-21(10-14-26)32-33(22-11-15-27(38-2)16-12-22)36-34(35-32)31-18-17-30(39-31)25-8-7-24-19-23-5-3-4-6-28(23)29(24)20-25/h3-18,20H,19H2,1-2H3,(H,35,36). The lowest BCUT2D eigenvalue weighted by Gasteiger charge is -2.06. The van der Waals surface area contributed by atoms with Gasteiger partial charge in [-0.15, -0.1) is 0 Å². The molecule has 39 heavy (non-hydrogen) atoms. The van der Waals surface area contributed by atoms with Crippen LogP contribution in [0.2, 0.25) is 0 Å². The largest absolute Gasteiger partial charge is 0.497 e. The minimum absolute atomic E-state index is 0.671. The molecule has 0 unspecified atom stereocenters. The van der Waals surface area contributed by atoms with Crippen LogP contribution >= 0.6 is 0 Å². The summed E-state index contributed by atoms with van der Waals surface area (Å²) in [6, 6.07) is 35.1. The van der Waals surface area contributed by atoms with Crippen LogP contribution < -0.4 is 9.47 Å². The smallest absolute Gasteiger partial charge is 0.174 e. The molecule has 6 aromatic rings. The number of imidazole rings is 1. The van der Waals surface area contributed by atoms with E-state index in [-0.39, 0.29) is 0 Å². The minimum Gasteiger partial charge on any atom is -0.497 e. The summed E-state index contributed by atoms with van der Waals surface area (Å²) in [5.74, 6) is 3.76. The zero-order valence-corrected chi connectivity index (χ0v) is 21.7. The fourth-order valence-corrected chi connectivity index (χ4v) is 5.31. The van der Waals surface area contributed by atoms with Gasteiger partial charge in [0.05, 0.1) is 25.6 Å². The van der Waals surface area contributed by atoms with Crippen molar-refractivity contribution in [2.75, 3.05) is 14.2 Å². The molecule has 1 aliphatic rings. The summed E-state index contributed by atoms with van der Waals surface area (Å²) in [5, 5.41) is 0. The second-order valence-electron chi connectivity index (χ2n) is 9.64. The molecule has 2 aromatic heterocycles. The molecule has 0 spiro atoms. The Kier molecular flexibility index (Phi) is 5.55. The quantitative estimate of drug-likeness (QED) is 0.245. The highest BCUT2D eigenvalue weighted by atomic mass is 16.5. The molecule has 0 radical (unpaired) electrons. The number of fused-ring (bicyclic) bond motifs is 3. The van der Waals surface area contributed by atoms with E-state index in [1.165, 1.54) is 22.3 Å². The van der Waals surface area contributed by atoms with Gasteiger partial charge in [0, 0.05) is 16.7 Å². The first-order chi connectivity index (χ1) is 19.2. The van der Waals surface area contributed by atoms with E-state index in [9.17, 15) is 0 Å². The number of H-pyrrole nitrogens is 1. The average molecular weight is 511 g/mol. The van der Waals surface area contributed by atoms with Crippen LogP contribution in [0.25, 0.3) is 56.6 Å². The predicted molar refractivity (Wildman–Crippen MR) is 154 cm³/mol. The molecule has 4 aromatic carbocycles. The first kappa shape index (κ1) is 23.1. The Balaban J connectivity index is 1.28. The molecule has 1 aliphatic carbocycles. The van der Waals surface area contributed by atoms with Crippen LogP contribution in [-0.4, -0.2) is 24.2 Å². The molecule has 5 nitrogen and oxygen atoms in total. The number of hydrogen-bond acceptors (Lipinski definition) is 4. The van der Waals surface area contributed by atoms with Crippen molar-refractivity contribution in [2.45, 2.75) is 6.42 Å². The molecule has 7 rings (SSSR count). The van der Waals surface area contributed by atoms with Crippen molar-refractivity contribution >= 4 is 0 Å². The van der Waals surface area contributed by atoms with Gasteiger partial charge in [0.25, 0.3) is 0 Å². The summed E-state index contributed by atoms with van der Waals surface area (Å²) in [7, 11) is 3.33. The number of methoxy groups -OCH3 is 2. The number of hydrogen-bond donors (Lipinski definition) is 1. The number of rotatable bonds is 6. The van der Waals surface area contributed by atoms with Crippen molar-refractivity contribution in [2.24, 2.45) is 0 Å². The lowest BCUT2D eigenvalue weighted by molar-refractivity contribution is 0.414. The van der Waals surface area contributed by atoms with Gasteiger partial charge in [-0.3, -0.25) is 0 Å². The van der Waals surface area contributed by atoms with Crippen molar-refractivity contribution in [1.82, 2.24) is 9.97 Å². The van der Waals surface area contributed by atoms with Crippen LogP contribution in [0.3, 0.4) is 0 Å². The molecule has 0 saturated carbocycles. The Morgan fingerprint density at radius 2 is 1.28 bits per heavy atom. The molecule has 5 heteroatoms. The maximum absolute atomic E-state index is 6.38. The third-order valence-electron chi connectivity index (χ3n) is 7.37. The number of nitrogens with one attached hydrogen (secondary N) is 1. The molecular formula is C34H26N2O3.